The molecule has 1 saturated heterocycles. The van der Waals surface area contributed by atoms with E-state index in [1.165, 1.54) is 44.3 Å². The van der Waals surface area contributed by atoms with Crippen molar-refractivity contribution in [1.29, 1.82) is 0 Å². The monoisotopic (exact) mass is 275 g/mol. The average Bonchev–Trinajstić information content (AvgIpc) is 2.47. The maximum absolute atomic E-state index is 4.58. The largest absolute Gasteiger partial charge is 0.370 e. The number of hydrogen-bond donors (Lipinski definition) is 1. The highest BCUT2D eigenvalue weighted by Crippen LogP contribution is 2.30. The van der Waals surface area contributed by atoms with Crippen LogP contribution in [0.4, 0.5) is 5.82 Å². The second-order valence-corrected chi connectivity index (χ2v) is 6.30. The van der Waals surface area contributed by atoms with Gasteiger partial charge in [-0.05, 0) is 49.9 Å². The van der Waals surface area contributed by atoms with Gasteiger partial charge in [-0.3, -0.25) is 4.90 Å². The molecule has 0 unspecified atom stereocenters. The van der Waals surface area contributed by atoms with Crippen LogP contribution in [0.2, 0.25) is 0 Å². The molecule has 3 heteroatoms. The Morgan fingerprint density at radius 2 is 2.20 bits per heavy atom. The zero-order valence-corrected chi connectivity index (χ0v) is 13.2. The standard InChI is InChI=1S/C17H29N3/c1-4-10-20-11-6-5-7-16(20)15-8-9-17(19-13-15)18-12-14(2)3/h8-9,13-14,16H,4-7,10-12H2,1-3H3,(H,18,19)/t16-/m0/s1. The van der Waals surface area contributed by atoms with E-state index in [2.05, 4.69) is 54.3 Å². The average molecular weight is 275 g/mol. The molecule has 0 radical (unpaired) electrons. The van der Waals surface area contributed by atoms with Crippen molar-refractivity contribution < 1.29 is 0 Å². The van der Waals surface area contributed by atoms with Crippen molar-refractivity contribution in [3.05, 3.63) is 23.9 Å². The van der Waals surface area contributed by atoms with Crippen LogP contribution in [0.1, 0.15) is 58.1 Å². The number of pyridine rings is 1. The summed E-state index contributed by atoms with van der Waals surface area (Å²) in [6.45, 7) is 10.1. The number of anilines is 1. The van der Waals surface area contributed by atoms with E-state index in [0.717, 1.165) is 12.4 Å². The maximum atomic E-state index is 4.58. The molecule has 20 heavy (non-hydrogen) atoms. The van der Waals surface area contributed by atoms with E-state index in [1.807, 2.05) is 0 Å². The Kier molecular flexibility index (Phi) is 5.84. The molecule has 1 fully saturated rings. The first-order chi connectivity index (χ1) is 9.70. The van der Waals surface area contributed by atoms with Gasteiger partial charge in [0.05, 0.1) is 0 Å². The summed E-state index contributed by atoms with van der Waals surface area (Å²) in [6, 6.07) is 4.97. The molecule has 2 heterocycles. The van der Waals surface area contributed by atoms with Crippen molar-refractivity contribution in [3.63, 3.8) is 0 Å². The highest BCUT2D eigenvalue weighted by atomic mass is 15.2. The molecule has 1 aromatic heterocycles. The van der Waals surface area contributed by atoms with Gasteiger partial charge >= 0.3 is 0 Å². The Hall–Kier alpha value is -1.09. The zero-order valence-electron chi connectivity index (χ0n) is 13.2. The summed E-state index contributed by atoms with van der Waals surface area (Å²) < 4.78 is 0. The van der Waals surface area contributed by atoms with Gasteiger partial charge < -0.3 is 5.32 Å². The van der Waals surface area contributed by atoms with Gasteiger partial charge in [-0.2, -0.15) is 0 Å². The summed E-state index contributed by atoms with van der Waals surface area (Å²) >= 11 is 0. The first-order valence-corrected chi connectivity index (χ1v) is 8.14. The molecule has 3 nitrogen and oxygen atoms in total. The van der Waals surface area contributed by atoms with Gasteiger partial charge in [-0.1, -0.05) is 33.3 Å². The van der Waals surface area contributed by atoms with Crippen LogP contribution < -0.4 is 5.32 Å². The van der Waals surface area contributed by atoms with E-state index in [1.54, 1.807) is 0 Å². The molecule has 1 aliphatic heterocycles. The van der Waals surface area contributed by atoms with Crippen LogP contribution >= 0.6 is 0 Å². The molecule has 0 saturated carbocycles. The van der Waals surface area contributed by atoms with Crippen LogP contribution in [0.3, 0.4) is 0 Å². The Morgan fingerprint density at radius 3 is 2.85 bits per heavy atom. The lowest BCUT2D eigenvalue weighted by Gasteiger charge is -2.35. The maximum Gasteiger partial charge on any atom is 0.125 e. The summed E-state index contributed by atoms with van der Waals surface area (Å²) in [5, 5.41) is 3.39. The van der Waals surface area contributed by atoms with Crippen molar-refractivity contribution in [2.45, 2.75) is 52.5 Å². The van der Waals surface area contributed by atoms with Gasteiger partial charge in [-0.25, -0.2) is 4.98 Å². The van der Waals surface area contributed by atoms with Crippen LogP contribution in [0.15, 0.2) is 18.3 Å². The molecule has 0 bridgehead atoms. The fourth-order valence-corrected chi connectivity index (χ4v) is 2.94. The van der Waals surface area contributed by atoms with Gasteiger partial charge in [0.25, 0.3) is 0 Å². The van der Waals surface area contributed by atoms with Crippen molar-refractivity contribution in [1.82, 2.24) is 9.88 Å². The zero-order chi connectivity index (χ0) is 14.4. The number of aromatic nitrogens is 1. The molecule has 2 rings (SSSR count). The SMILES string of the molecule is CCCN1CCCC[C@H]1c1ccc(NCC(C)C)nc1. The van der Waals surface area contributed by atoms with Gasteiger partial charge in [0.15, 0.2) is 0 Å². The molecule has 1 atom stereocenters. The second kappa shape index (κ2) is 7.63. The Balaban J connectivity index is 2.00. The molecule has 0 aliphatic carbocycles. The number of nitrogens with zero attached hydrogens (tertiary/aromatic N) is 2. The summed E-state index contributed by atoms with van der Waals surface area (Å²) in [7, 11) is 0. The van der Waals surface area contributed by atoms with Crippen molar-refractivity contribution in [2.75, 3.05) is 25.0 Å². The number of likely N-dealkylation sites (tertiary alicyclic amines) is 1. The summed E-state index contributed by atoms with van der Waals surface area (Å²) in [5.41, 5.74) is 1.38. The van der Waals surface area contributed by atoms with Crippen molar-refractivity contribution in [3.8, 4) is 0 Å². The fraction of sp³-hybridized carbons (Fsp3) is 0.706. The quantitative estimate of drug-likeness (QED) is 0.847. The van der Waals surface area contributed by atoms with E-state index in [-0.39, 0.29) is 0 Å². The van der Waals surface area contributed by atoms with Gasteiger partial charge in [0, 0.05) is 18.8 Å². The predicted octanol–water partition coefficient (Wildman–Crippen LogP) is 4.09. The van der Waals surface area contributed by atoms with E-state index in [4.69, 9.17) is 0 Å². The lowest BCUT2D eigenvalue weighted by atomic mass is 9.96. The lowest BCUT2D eigenvalue weighted by molar-refractivity contribution is 0.149. The molecule has 0 amide bonds. The highest BCUT2D eigenvalue weighted by molar-refractivity contribution is 5.36. The Labute approximate surface area is 123 Å². The molecule has 0 spiro atoms. The molecule has 112 valence electrons. The number of piperidine rings is 1. The van der Waals surface area contributed by atoms with Gasteiger partial charge in [0.1, 0.15) is 5.82 Å². The molecule has 1 N–H and O–H groups in total. The third-order valence-corrected chi connectivity index (χ3v) is 3.99. The smallest absolute Gasteiger partial charge is 0.125 e. The fourth-order valence-electron chi connectivity index (χ4n) is 2.94. The number of hydrogen-bond acceptors (Lipinski definition) is 3. The van der Waals surface area contributed by atoms with Crippen LogP contribution in [-0.4, -0.2) is 29.5 Å². The van der Waals surface area contributed by atoms with Crippen LogP contribution in [0.25, 0.3) is 0 Å². The predicted molar refractivity (Wildman–Crippen MR) is 86.0 cm³/mol. The van der Waals surface area contributed by atoms with Crippen LogP contribution in [0.5, 0.6) is 0 Å². The van der Waals surface area contributed by atoms with E-state index in [9.17, 15) is 0 Å². The van der Waals surface area contributed by atoms with Crippen LogP contribution in [0, 0.1) is 5.92 Å². The molecule has 1 aromatic rings. The van der Waals surface area contributed by atoms with Crippen LogP contribution in [-0.2, 0) is 0 Å². The highest BCUT2D eigenvalue weighted by Gasteiger charge is 2.23. The number of nitrogens with one attached hydrogen (secondary N) is 1. The van der Waals surface area contributed by atoms with Crippen molar-refractivity contribution >= 4 is 5.82 Å². The molecular weight excluding hydrogens is 246 g/mol. The van der Waals surface area contributed by atoms with Gasteiger partial charge in [0.2, 0.25) is 0 Å². The Bertz CT molecular complexity index is 384. The first kappa shape index (κ1) is 15.3. The van der Waals surface area contributed by atoms with E-state index < -0.39 is 0 Å². The normalized spacial score (nSPS) is 20.3. The molecular formula is C17H29N3. The Morgan fingerprint density at radius 1 is 1.35 bits per heavy atom. The van der Waals surface area contributed by atoms with Crippen molar-refractivity contribution in [2.24, 2.45) is 5.92 Å². The minimum absolute atomic E-state index is 0.579. The van der Waals surface area contributed by atoms with Gasteiger partial charge in [-0.15, -0.1) is 0 Å². The van der Waals surface area contributed by atoms with E-state index in [0.29, 0.717) is 12.0 Å². The summed E-state index contributed by atoms with van der Waals surface area (Å²) in [4.78, 5) is 7.21. The third kappa shape index (κ3) is 4.20. The lowest BCUT2D eigenvalue weighted by Crippen LogP contribution is -2.34. The minimum atomic E-state index is 0.579. The molecule has 0 aromatic carbocycles. The minimum Gasteiger partial charge on any atom is -0.370 e. The summed E-state index contributed by atoms with van der Waals surface area (Å²) in [5.74, 6) is 1.65. The first-order valence-electron chi connectivity index (χ1n) is 8.14. The molecule has 1 aliphatic rings. The third-order valence-electron chi connectivity index (χ3n) is 3.99. The second-order valence-electron chi connectivity index (χ2n) is 6.30. The number of rotatable bonds is 6. The van der Waals surface area contributed by atoms with E-state index >= 15 is 0 Å². The summed E-state index contributed by atoms with van der Waals surface area (Å²) in [6.07, 6.45) is 7.27. The topological polar surface area (TPSA) is 28.2 Å².